The molecule has 0 rings (SSSR count). The molecule has 0 amide bonds. The van der Waals surface area contributed by atoms with Crippen molar-refractivity contribution in [3.05, 3.63) is 0 Å². The largest absolute Gasteiger partial charge is 0.395 e. The molecule has 0 aliphatic heterocycles. The molecule has 0 radical (unpaired) electrons. The van der Waals surface area contributed by atoms with Gasteiger partial charge in [0, 0.05) is 0 Å². The molecule has 0 heterocycles. The Bertz CT molecular complexity index is 244. The predicted molar refractivity (Wildman–Crippen MR) is 32.8 cm³/mol. The van der Waals surface area contributed by atoms with Crippen LogP contribution in [0.4, 0.5) is 13.2 Å². The Hall–Kier alpha value is -0.340. The third kappa shape index (κ3) is 2.95. The average molecular weight is 208 g/mol. The van der Waals surface area contributed by atoms with Gasteiger partial charge in [-0.2, -0.15) is 21.6 Å². The van der Waals surface area contributed by atoms with E-state index in [4.69, 9.17) is 9.66 Å². The van der Waals surface area contributed by atoms with Crippen molar-refractivity contribution in [2.45, 2.75) is 18.5 Å². The Balaban J connectivity index is 4.64. The second-order valence-electron chi connectivity index (χ2n) is 2.24. The zero-order chi connectivity index (χ0) is 10.2. The summed E-state index contributed by atoms with van der Waals surface area (Å²) in [7, 11) is -5.05. The Morgan fingerprint density at radius 2 is 1.67 bits per heavy atom. The lowest BCUT2D eigenvalue weighted by molar-refractivity contribution is -0.184. The first-order chi connectivity index (χ1) is 5.07. The van der Waals surface area contributed by atoms with Gasteiger partial charge in [0.1, 0.15) is 0 Å². The molecule has 4 nitrogen and oxygen atoms in total. The minimum Gasteiger partial charge on any atom is -0.375 e. The van der Waals surface area contributed by atoms with Gasteiger partial charge in [0.25, 0.3) is 10.1 Å². The van der Waals surface area contributed by atoms with Crippen molar-refractivity contribution >= 4 is 10.1 Å². The van der Waals surface area contributed by atoms with Crippen LogP contribution in [0.2, 0.25) is 0 Å². The summed E-state index contributed by atoms with van der Waals surface area (Å²) >= 11 is 0. The van der Waals surface area contributed by atoms with E-state index in [0.29, 0.717) is 6.92 Å². The maximum absolute atomic E-state index is 11.7. The first-order valence-corrected chi connectivity index (χ1v) is 4.28. The summed E-state index contributed by atoms with van der Waals surface area (Å²) in [6.45, 7) is 0.457. The van der Waals surface area contributed by atoms with E-state index < -0.39 is 27.6 Å². The summed E-state index contributed by atoms with van der Waals surface area (Å²) in [5.41, 5.74) is -2.82. The fourth-order valence-electron chi connectivity index (χ4n) is 0.420. The first-order valence-electron chi connectivity index (χ1n) is 2.78. The van der Waals surface area contributed by atoms with Gasteiger partial charge in [-0.3, -0.25) is 4.55 Å². The van der Waals surface area contributed by atoms with E-state index in [1.165, 1.54) is 0 Å². The van der Waals surface area contributed by atoms with Crippen molar-refractivity contribution in [3.63, 3.8) is 0 Å². The van der Waals surface area contributed by atoms with Crippen LogP contribution in [0.25, 0.3) is 0 Å². The van der Waals surface area contributed by atoms with Crippen LogP contribution in [0.3, 0.4) is 0 Å². The summed E-state index contributed by atoms with van der Waals surface area (Å²) in [4.78, 5) is 0. The zero-order valence-electron chi connectivity index (χ0n) is 5.91. The zero-order valence-corrected chi connectivity index (χ0v) is 6.72. The van der Waals surface area contributed by atoms with Gasteiger partial charge in [-0.05, 0) is 0 Å². The number of aliphatic hydroxyl groups is 1. The molecule has 0 aromatic rings. The second kappa shape index (κ2) is 3.19. The van der Waals surface area contributed by atoms with E-state index in [9.17, 15) is 21.6 Å². The number of alkyl halides is 3. The van der Waals surface area contributed by atoms with Crippen molar-refractivity contribution in [2.24, 2.45) is 5.92 Å². The van der Waals surface area contributed by atoms with E-state index in [-0.39, 0.29) is 0 Å². The highest BCUT2D eigenvalue weighted by Crippen LogP contribution is 2.29. The first kappa shape index (κ1) is 11.7. The molecule has 0 aromatic carbocycles. The maximum Gasteiger partial charge on any atom is 0.395 e. The average Bonchev–Trinajstić information content (AvgIpc) is 1.80. The van der Waals surface area contributed by atoms with Gasteiger partial charge >= 0.3 is 6.18 Å². The van der Waals surface area contributed by atoms with Gasteiger partial charge < -0.3 is 5.11 Å². The summed E-state index contributed by atoms with van der Waals surface area (Å²) in [6.07, 6.45) is -4.85. The van der Waals surface area contributed by atoms with Gasteiger partial charge in [-0.15, -0.1) is 0 Å². The molecule has 0 saturated carbocycles. The molecule has 0 saturated heterocycles. The molecular formula is C4H7F3O4S. The van der Waals surface area contributed by atoms with Crippen molar-refractivity contribution in [3.8, 4) is 0 Å². The van der Waals surface area contributed by atoms with Crippen LogP contribution in [0.15, 0.2) is 0 Å². The molecule has 0 aliphatic carbocycles. The Labute approximate surface area is 66.8 Å². The lowest BCUT2D eigenvalue weighted by atomic mass is 10.2. The summed E-state index contributed by atoms with van der Waals surface area (Å²) in [5, 5.41) is 8.43. The number of hydrogen-bond donors (Lipinski definition) is 2. The van der Waals surface area contributed by atoms with Crippen LogP contribution in [0, 0.1) is 5.92 Å². The molecule has 0 spiro atoms. The van der Waals surface area contributed by atoms with Gasteiger partial charge in [-0.25, -0.2) is 0 Å². The quantitative estimate of drug-likeness (QED) is 0.644. The molecule has 2 atom stereocenters. The molecule has 0 fully saturated rings. The fraction of sp³-hybridized carbons (Fsp3) is 1.00. The van der Waals surface area contributed by atoms with Gasteiger partial charge in [-0.1, -0.05) is 6.92 Å². The summed E-state index contributed by atoms with van der Waals surface area (Å²) in [5.74, 6) is -2.51. The van der Waals surface area contributed by atoms with Crippen LogP contribution in [0.5, 0.6) is 0 Å². The number of aliphatic hydroxyl groups excluding tert-OH is 1. The van der Waals surface area contributed by atoms with E-state index >= 15 is 0 Å². The smallest absolute Gasteiger partial charge is 0.375 e. The van der Waals surface area contributed by atoms with Gasteiger partial charge in [0.05, 0.1) is 5.92 Å². The van der Waals surface area contributed by atoms with Gasteiger partial charge in [0.15, 0.2) is 5.44 Å². The standard InChI is InChI=1S/C4H7F3O4S/c1-2(4(5,6)7)3(8)12(9,10)11/h2-3,8H,1H3,(H,9,10,11). The molecule has 74 valence electrons. The monoisotopic (exact) mass is 208 g/mol. The van der Waals surface area contributed by atoms with E-state index in [2.05, 4.69) is 0 Å². The van der Waals surface area contributed by atoms with Gasteiger partial charge in [0.2, 0.25) is 0 Å². The molecule has 8 heteroatoms. The molecular weight excluding hydrogens is 201 g/mol. The number of halogens is 3. The summed E-state index contributed by atoms with van der Waals surface area (Å²) < 4.78 is 63.2. The van der Waals surface area contributed by atoms with E-state index in [0.717, 1.165) is 0 Å². The van der Waals surface area contributed by atoms with Crippen molar-refractivity contribution in [1.29, 1.82) is 0 Å². The highest BCUT2D eigenvalue weighted by atomic mass is 32.2. The second-order valence-corrected chi connectivity index (χ2v) is 3.75. The maximum atomic E-state index is 11.7. The lowest BCUT2D eigenvalue weighted by Gasteiger charge is -2.18. The number of hydrogen-bond acceptors (Lipinski definition) is 3. The summed E-state index contributed by atoms with van der Waals surface area (Å²) in [6, 6.07) is 0. The topological polar surface area (TPSA) is 74.6 Å². The molecule has 0 bridgehead atoms. The van der Waals surface area contributed by atoms with Crippen LogP contribution >= 0.6 is 0 Å². The van der Waals surface area contributed by atoms with Crippen molar-refractivity contribution in [1.82, 2.24) is 0 Å². The number of rotatable bonds is 2. The highest BCUT2D eigenvalue weighted by Gasteiger charge is 2.45. The Kier molecular flexibility index (Phi) is 3.10. The van der Waals surface area contributed by atoms with Crippen LogP contribution in [0.1, 0.15) is 6.92 Å². The van der Waals surface area contributed by atoms with Crippen LogP contribution < -0.4 is 0 Å². The molecule has 12 heavy (non-hydrogen) atoms. The van der Waals surface area contributed by atoms with E-state index in [1.807, 2.05) is 0 Å². The molecule has 0 aromatic heterocycles. The van der Waals surface area contributed by atoms with Crippen molar-refractivity contribution in [2.75, 3.05) is 0 Å². The fourth-order valence-corrected chi connectivity index (χ4v) is 1.09. The predicted octanol–water partition coefficient (Wildman–Crippen LogP) is 0.391. The third-order valence-electron chi connectivity index (χ3n) is 1.25. The highest BCUT2D eigenvalue weighted by molar-refractivity contribution is 7.86. The van der Waals surface area contributed by atoms with E-state index in [1.54, 1.807) is 0 Å². The van der Waals surface area contributed by atoms with Crippen LogP contribution in [-0.2, 0) is 10.1 Å². The van der Waals surface area contributed by atoms with Crippen molar-refractivity contribution < 1.29 is 31.2 Å². The van der Waals surface area contributed by atoms with Crippen LogP contribution in [-0.4, -0.2) is 29.7 Å². The Morgan fingerprint density at radius 1 is 1.33 bits per heavy atom. The third-order valence-corrected chi connectivity index (χ3v) is 2.27. The normalized spacial score (nSPS) is 18.8. The minimum absolute atomic E-state index is 0.457. The molecule has 0 aliphatic rings. The Morgan fingerprint density at radius 3 is 1.75 bits per heavy atom. The molecule has 2 unspecified atom stereocenters. The molecule has 2 N–H and O–H groups in total. The lowest BCUT2D eigenvalue weighted by Crippen LogP contribution is -2.36. The minimum atomic E-state index is -5.05. The SMILES string of the molecule is CC(C(O)S(=O)(=O)O)C(F)(F)F.